The Bertz CT molecular complexity index is 461. The van der Waals surface area contributed by atoms with Crippen molar-refractivity contribution in [2.45, 2.75) is 39.4 Å². The molecule has 0 N–H and O–H groups in total. The molecule has 0 aromatic heterocycles. The van der Waals surface area contributed by atoms with Crippen LogP contribution in [0.1, 0.15) is 25.8 Å². The van der Waals surface area contributed by atoms with Crippen LogP contribution < -0.4 is 0 Å². The van der Waals surface area contributed by atoms with Crippen LogP contribution in [0.4, 0.5) is 0 Å². The second kappa shape index (κ2) is 7.43. The van der Waals surface area contributed by atoms with Gasteiger partial charge in [-0.2, -0.15) is 0 Å². The van der Waals surface area contributed by atoms with Gasteiger partial charge in [-0.1, -0.05) is 68.0 Å². The van der Waals surface area contributed by atoms with Crippen LogP contribution in [0, 0.1) is 5.92 Å². The Balaban J connectivity index is 2.98. The minimum Gasteiger partial charge on any atom is -0.466 e. The normalized spacial score (nSPS) is 12.6. The number of allylic oxidation sites excluding steroid dienone is 1. The van der Waals surface area contributed by atoms with Crippen LogP contribution in [0.5, 0.6) is 0 Å². The van der Waals surface area contributed by atoms with Crippen LogP contribution in [0.2, 0.25) is 13.1 Å². The topological polar surface area (TPSA) is 26.3 Å². The highest BCUT2D eigenvalue weighted by molar-refractivity contribution is 6.84. The fourth-order valence-electron chi connectivity index (χ4n) is 2.39. The maximum Gasteiger partial charge on any atom is 0.330 e. The van der Waals surface area contributed by atoms with Crippen molar-refractivity contribution in [1.29, 1.82) is 0 Å². The molecular formula is C17H26O2Si. The highest BCUT2D eigenvalue weighted by Gasteiger charge is 2.27. The third-order valence-corrected chi connectivity index (χ3v) is 6.86. The van der Waals surface area contributed by atoms with Crippen molar-refractivity contribution in [1.82, 2.24) is 0 Å². The summed E-state index contributed by atoms with van der Waals surface area (Å²) in [6.45, 7) is 9.05. The largest absolute Gasteiger partial charge is 0.466 e. The first-order valence-corrected chi connectivity index (χ1v) is 10.4. The summed E-state index contributed by atoms with van der Waals surface area (Å²) in [5.41, 5.74) is 1.35. The molecule has 0 aliphatic rings. The molecular weight excluding hydrogens is 264 g/mol. The number of esters is 1. The Morgan fingerprint density at radius 1 is 1.25 bits per heavy atom. The minimum atomic E-state index is -1.66. The van der Waals surface area contributed by atoms with E-state index in [-0.39, 0.29) is 5.97 Å². The Kier molecular flexibility index (Phi) is 6.21. The summed E-state index contributed by atoms with van der Waals surface area (Å²) >= 11 is 0. The van der Waals surface area contributed by atoms with Crippen LogP contribution in [-0.4, -0.2) is 21.2 Å². The smallest absolute Gasteiger partial charge is 0.330 e. The molecule has 0 saturated carbocycles. The molecule has 0 unspecified atom stereocenters. The lowest BCUT2D eigenvalue weighted by atomic mass is 10.1. The summed E-state index contributed by atoms with van der Waals surface area (Å²) in [5.74, 6) is 0.322. The predicted molar refractivity (Wildman–Crippen MR) is 87.2 cm³/mol. The molecule has 2 nitrogen and oxygen atoms in total. The molecule has 110 valence electrons. The van der Waals surface area contributed by atoms with E-state index in [1.807, 2.05) is 6.07 Å². The molecule has 0 heterocycles. The molecule has 0 fully saturated rings. The average molecular weight is 290 g/mol. The predicted octanol–water partition coefficient (Wildman–Crippen LogP) is 4.16. The third kappa shape index (κ3) is 5.33. The van der Waals surface area contributed by atoms with Crippen molar-refractivity contribution in [3.05, 3.63) is 47.2 Å². The van der Waals surface area contributed by atoms with Gasteiger partial charge in [0, 0.05) is 6.08 Å². The highest BCUT2D eigenvalue weighted by Crippen LogP contribution is 2.26. The van der Waals surface area contributed by atoms with Gasteiger partial charge in [-0.25, -0.2) is 4.79 Å². The van der Waals surface area contributed by atoms with Gasteiger partial charge in [0.2, 0.25) is 0 Å². The van der Waals surface area contributed by atoms with Gasteiger partial charge in [0.1, 0.15) is 0 Å². The number of carbonyl (C=O) groups is 1. The number of benzene rings is 1. The summed E-state index contributed by atoms with van der Waals surface area (Å²) in [7, 11) is -0.213. The molecule has 20 heavy (non-hydrogen) atoms. The Morgan fingerprint density at radius 2 is 1.85 bits per heavy atom. The number of methoxy groups -OCH3 is 1. The van der Waals surface area contributed by atoms with Crippen LogP contribution in [0.15, 0.2) is 41.6 Å². The lowest BCUT2D eigenvalue weighted by Crippen LogP contribution is -2.34. The second-order valence-electron chi connectivity index (χ2n) is 6.34. The lowest BCUT2D eigenvalue weighted by molar-refractivity contribution is -0.134. The maximum absolute atomic E-state index is 11.6. The third-order valence-electron chi connectivity index (χ3n) is 3.48. The first-order valence-electron chi connectivity index (χ1n) is 7.18. The monoisotopic (exact) mass is 290 g/mol. The molecule has 1 rings (SSSR count). The van der Waals surface area contributed by atoms with Gasteiger partial charge >= 0.3 is 5.97 Å². The molecule has 0 atom stereocenters. The van der Waals surface area contributed by atoms with E-state index in [1.165, 1.54) is 17.9 Å². The summed E-state index contributed by atoms with van der Waals surface area (Å²) in [5, 5.41) is 1.29. The molecule has 0 amide bonds. The van der Waals surface area contributed by atoms with Gasteiger partial charge in [0.15, 0.2) is 0 Å². The summed E-state index contributed by atoms with van der Waals surface area (Å²) in [4.78, 5) is 11.6. The summed E-state index contributed by atoms with van der Waals surface area (Å²) in [6, 6.07) is 11.6. The van der Waals surface area contributed by atoms with E-state index in [2.05, 4.69) is 51.2 Å². The zero-order chi connectivity index (χ0) is 15.2. The molecule has 0 aliphatic heterocycles. The van der Waals surface area contributed by atoms with Crippen molar-refractivity contribution < 1.29 is 9.53 Å². The van der Waals surface area contributed by atoms with E-state index in [9.17, 15) is 4.79 Å². The Labute approximate surface area is 123 Å². The first kappa shape index (κ1) is 16.7. The van der Waals surface area contributed by atoms with Gasteiger partial charge in [0.05, 0.1) is 15.2 Å². The Morgan fingerprint density at radius 3 is 2.35 bits per heavy atom. The SMILES string of the molecule is COC(=O)/C=C(/CC(C)C)[Si](C)(C)Cc1ccccc1. The van der Waals surface area contributed by atoms with Crippen LogP contribution in [0.3, 0.4) is 0 Å². The molecule has 0 aliphatic carbocycles. The van der Waals surface area contributed by atoms with E-state index in [4.69, 9.17) is 4.74 Å². The number of ether oxygens (including phenoxy) is 1. The quantitative estimate of drug-likeness (QED) is 0.447. The molecule has 0 bridgehead atoms. The van der Waals surface area contributed by atoms with E-state index in [0.29, 0.717) is 5.92 Å². The zero-order valence-electron chi connectivity index (χ0n) is 13.3. The molecule has 0 saturated heterocycles. The van der Waals surface area contributed by atoms with Gasteiger partial charge in [-0.05, 0) is 18.4 Å². The van der Waals surface area contributed by atoms with Crippen molar-refractivity contribution in [2.75, 3.05) is 7.11 Å². The van der Waals surface area contributed by atoms with E-state index in [0.717, 1.165) is 12.5 Å². The first-order chi connectivity index (χ1) is 9.35. The van der Waals surface area contributed by atoms with Crippen molar-refractivity contribution in [3.8, 4) is 0 Å². The number of rotatable bonds is 6. The molecule has 1 aromatic rings. The number of carbonyl (C=O) groups excluding carboxylic acids is 1. The molecule has 0 radical (unpaired) electrons. The standard InChI is InChI=1S/C17H26O2Si/c1-14(2)11-16(12-17(18)19-3)20(4,5)13-15-9-7-6-8-10-15/h6-10,12,14H,11,13H2,1-5H3/b16-12-. The zero-order valence-corrected chi connectivity index (χ0v) is 14.3. The Hall–Kier alpha value is -1.35. The number of hydrogen-bond donors (Lipinski definition) is 0. The van der Waals surface area contributed by atoms with Crippen LogP contribution >= 0.6 is 0 Å². The highest BCUT2D eigenvalue weighted by atomic mass is 28.3. The fourth-order valence-corrected chi connectivity index (χ4v) is 5.34. The van der Waals surface area contributed by atoms with Crippen molar-refractivity contribution in [2.24, 2.45) is 5.92 Å². The second-order valence-corrected chi connectivity index (χ2v) is 11.1. The average Bonchev–Trinajstić information content (AvgIpc) is 2.38. The van der Waals surface area contributed by atoms with Gasteiger partial charge in [0.25, 0.3) is 0 Å². The van der Waals surface area contributed by atoms with E-state index in [1.54, 1.807) is 6.08 Å². The maximum atomic E-state index is 11.6. The van der Waals surface area contributed by atoms with Gasteiger partial charge < -0.3 is 4.74 Å². The van der Waals surface area contributed by atoms with Crippen molar-refractivity contribution in [3.63, 3.8) is 0 Å². The number of hydrogen-bond acceptors (Lipinski definition) is 2. The van der Waals surface area contributed by atoms with Gasteiger partial charge in [-0.3, -0.25) is 0 Å². The van der Waals surface area contributed by atoms with Crippen LogP contribution in [0.25, 0.3) is 0 Å². The van der Waals surface area contributed by atoms with E-state index >= 15 is 0 Å². The summed E-state index contributed by atoms with van der Waals surface area (Å²) < 4.78 is 4.81. The molecule has 3 heteroatoms. The summed E-state index contributed by atoms with van der Waals surface area (Å²) in [6.07, 6.45) is 2.70. The van der Waals surface area contributed by atoms with Crippen molar-refractivity contribution >= 4 is 14.0 Å². The molecule has 0 spiro atoms. The fraction of sp³-hybridized carbons (Fsp3) is 0.471. The van der Waals surface area contributed by atoms with Crippen LogP contribution in [-0.2, 0) is 15.6 Å². The molecule has 1 aromatic carbocycles. The van der Waals surface area contributed by atoms with E-state index < -0.39 is 8.07 Å². The lowest BCUT2D eigenvalue weighted by Gasteiger charge is -2.27. The minimum absolute atomic E-state index is 0.228. The van der Waals surface area contributed by atoms with Gasteiger partial charge in [-0.15, -0.1) is 0 Å².